The number of nitriles is 1. The summed E-state index contributed by atoms with van der Waals surface area (Å²) in [4.78, 5) is 16.6. The average Bonchev–Trinajstić information content (AvgIpc) is 3.01. The summed E-state index contributed by atoms with van der Waals surface area (Å²) in [7, 11) is 0. The Hall–Kier alpha value is -3.14. The van der Waals surface area contributed by atoms with E-state index in [1.807, 2.05) is 13.0 Å². The minimum atomic E-state index is -4.43. The third kappa shape index (κ3) is 4.00. The molecule has 3 rings (SSSR count). The molecule has 1 unspecified atom stereocenters. The van der Waals surface area contributed by atoms with E-state index in [-0.39, 0.29) is 17.4 Å². The number of pyridine rings is 1. The van der Waals surface area contributed by atoms with Gasteiger partial charge in [-0.2, -0.15) is 18.4 Å². The first kappa shape index (κ1) is 18.6. The molecule has 0 radical (unpaired) electrons. The van der Waals surface area contributed by atoms with Gasteiger partial charge in [0.2, 0.25) is 0 Å². The van der Waals surface area contributed by atoms with Crippen LogP contribution in [-0.4, -0.2) is 10.8 Å². The van der Waals surface area contributed by atoms with Gasteiger partial charge in [0.05, 0.1) is 11.1 Å². The van der Waals surface area contributed by atoms with Gasteiger partial charge in [0.1, 0.15) is 6.07 Å². The fourth-order valence-electron chi connectivity index (χ4n) is 3.13. The quantitative estimate of drug-likeness (QED) is 0.838. The summed E-state index contributed by atoms with van der Waals surface area (Å²) in [6.45, 7) is 1.82. The van der Waals surface area contributed by atoms with E-state index in [4.69, 9.17) is 5.26 Å². The van der Waals surface area contributed by atoms with Gasteiger partial charge in [-0.25, -0.2) is 0 Å². The van der Waals surface area contributed by atoms with Crippen molar-refractivity contribution in [3.63, 3.8) is 0 Å². The molecule has 1 N–H and O–H groups in total. The maximum Gasteiger partial charge on any atom is 0.416 e. The topological polar surface area (TPSA) is 65.8 Å². The lowest BCUT2D eigenvalue weighted by molar-refractivity contribution is -0.137. The molecule has 2 aromatic rings. The third-order valence-corrected chi connectivity index (χ3v) is 4.50. The smallest absolute Gasteiger partial charge is 0.359 e. The Morgan fingerprint density at radius 3 is 2.63 bits per heavy atom. The van der Waals surface area contributed by atoms with E-state index in [2.05, 4.69) is 10.3 Å². The second-order valence-electron chi connectivity index (χ2n) is 6.32. The largest absolute Gasteiger partial charge is 0.416 e. The number of nitrogens with zero attached hydrogens (tertiary/aromatic N) is 2. The molecule has 138 valence electrons. The van der Waals surface area contributed by atoms with Gasteiger partial charge < -0.3 is 5.32 Å². The van der Waals surface area contributed by atoms with Crippen molar-refractivity contribution in [3.05, 3.63) is 70.7 Å². The van der Waals surface area contributed by atoms with E-state index in [9.17, 15) is 18.0 Å². The van der Waals surface area contributed by atoms with Crippen LogP contribution < -0.4 is 5.32 Å². The molecule has 1 atom stereocenters. The molecule has 0 fully saturated rings. The van der Waals surface area contributed by atoms with Gasteiger partial charge in [-0.1, -0.05) is 13.0 Å². The molecule has 1 aliphatic carbocycles. The van der Waals surface area contributed by atoms with Crippen molar-refractivity contribution < 1.29 is 18.0 Å². The van der Waals surface area contributed by atoms with Gasteiger partial charge in [0.15, 0.2) is 5.78 Å². The number of anilines is 1. The number of carbonyl (C=O) groups excluding carboxylic acids is 1. The summed E-state index contributed by atoms with van der Waals surface area (Å²) < 4.78 is 38.7. The number of halogens is 3. The highest BCUT2D eigenvalue weighted by molar-refractivity contribution is 6.00. The first-order valence-electron chi connectivity index (χ1n) is 8.36. The Morgan fingerprint density at radius 1 is 1.22 bits per heavy atom. The highest BCUT2D eigenvalue weighted by Crippen LogP contribution is 2.36. The Kier molecular flexibility index (Phi) is 5.00. The van der Waals surface area contributed by atoms with Crippen molar-refractivity contribution in [2.24, 2.45) is 0 Å². The van der Waals surface area contributed by atoms with Crippen LogP contribution in [0.25, 0.3) is 0 Å². The van der Waals surface area contributed by atoms with Crippen LogP contribution >= 0.6 is 0 Å². The van der Waals surface area contributed by atoms with Gasteiger partial charge in [-0.3, -0.25) is 9.78 Å². The Morgan fingerprint density at radius 2 is 2.00 bits per heavy atom. The normalized spacial score (nSPS) is 15.6. The SMILES string of the molecule is CC(C1=C(Nc2cccc(C(F)(F)F)c2)CCC1=O)c1ccc(C#N)cn1. The molecule has 0 bridgehead atoms. The monoisotopic (exact) mass is 371 g/mol. The molecule has 1 aliphatic rings. The Bertz CT molecular complexity index is 940. The number of ketones is 1. The molecular formula is C20H16F3N3O. The predicted molar refractivity (Wildman–Crippen MR) is 93.7 cm³/mol. The maximum absolute atomic E-state index is 12.9. The molecule has 7 heteroatoms. The van der Waals surface area contributed by atoms with Gasteiger partial charge in [0.25, 0.3) is 0 Å². The third-order valence-electron chi connectivity index (χ3n) is 4.50. The molecule has 0 saturated carbocycles. The lowest BCUT2D eigenvalue weighted by Gasteiger charge is -2.16. The number of rotatable bonds is 4. The average molecular weight is 371 g/mol. The van der Waals surface area contributed by atoms with Crippen molar-refractivity contribution in [1.82, 2.24) is 4.98 Å². The van der Waals surface area contributed by atoms with Crippen LogP contribution in [0.3, 0.4) is 0 Å². The van der Waals surface area contributed by atoms with Crippen LogP contribution in [0.2, 0.25) is 0 Å². The van der Waals surface area contributed by atoms with Crippen molar-refractivity contribution >= 4 is 11.5 Å². The molecule has 0 amide bonds. The fraction of sp³-hybridized carbons (Fsp3) is 0.250. The summed E-state index contributed by atoms with van der Waals surface area (Å²) >= 11 is 0. The predicted octanol–water partition coefficient (Wildman–Crippen LogP) is 4.80. The number of alkyl halides is 3. The molecule has 27 heavy (non-hydrogen) atoms. The molecule has 1 aromatic carbocycles. The molecule has 4 nitrogen and oxygen atoms in total. The van der Waals surface area contributed by atoms with Gasteiger partial charge in [0, 0.05) is 41.2 Å². The number of nitrogens with one attached hydrogen (secondary N) is 1. The standard InChI is InChI=1S/C20H16F3N3O/c1-12(16-6-5-13(10-24)11-25-16)19-17(7-8-18(19)27)26-15-4-2-3-14(9-15)20(21,22)23/h2-6,9,11-12,26H,7-8H2,1H3. The number of carbonyl (C=O) groups is 1. The number of hydrogen-bond acceptors (Lipinski definition) is 4. The van der Waals surface area contributed by atoms with Crippen LogP contribution in [0, 0.1) is 11.3 Å². The molecule has 0 spiro atoms. The number of aromatic nitrogens is 1. The van der Waals surface area contributed by atoms with Gasteiger partial charge in [-0.15, -0.1) is 0 Å². The zero-order chi connectivity index (χ0) is 19.6. The van der Waals surface area contributed by atoms with Crippen molar-refractivity contribution in [2.45, 2.75) is 31.9 Å². The Balaban J connectivity index is 1.91. The number of allylic oxidation sites excluding steroid dienone is 2. The van der Waals surface area contributed by atoms with Gasteiger partial charge in [-0.05, 0) is 36.8 Å². The van der Waals surface area contributed by atoms with Crippen LogP contribution in [0.5, 0.6) is 0 Å². The van der Waals surface area contributed by atoms with Crippen LogP contribution in [0.4, 0.5) is 18.9 Å². The summed E-state index contributed by atoms with van der Waals surface area (Å²) in [5, 5.41) is 11.8. The molecule has 0 aliphatic heterocycles. The minimum absolute atomic E-state index is 0.0527. The first-order chi connectivity index (χ1) is 12.8. The van der Waals surface area contributed by atoms with E-state index in [1.165, 1.54) is 18.3 Å². The lowest BCUT2D eigenvalue weighted by Crippen LogP contribution is -2.11. The van der Waals surface area contributed by atoms with Crippen molar-refractivity contribution in [2.75, 3.05) is 5.32 Å². The lowest BCUT2D eigenvalue weighted by atomic mass is 9.94. The molecular weight excluding hydrogens is 355 g/mol. The highest BCUT2D eigenvalue weighted by atomic mass is 19.4. The minimum Gasteiger partial charge on any atom is -0.359 e. The van der Waals surface area contributed by atoms with Crippen LogP contribution in [0.1, 0.15) is 42.5 Å². The first-order valence-corrected chi connectivity index (χ1v) is 8.36. The van der Waals surface area contributed by atoms with Crippen LogP contribution in [0.15, 0.2) is 53.9 Å². The summed E-state index contributed by atoms with van der Waals surface area (Å²) in [6.07, 6.45) is -2.26. The fourth-order valence-corrected chi connectivity index (χ4v) is 3.13. The molecule has 1 aromatic heterocycles. The zero-order valence-electron chi connectivity index (χ0n) is 14.5. The zero-order valence-corrected chi connectivity index (χ0v) is 14.5. The van der Waals surface area contributed by atoms with Crippen molar-refractivity contribution in [1.29, 1.82) is 5.26 Å². The number of Topliss-reactive ketones (excluding diaryl/α,β-unsaturated/α-hetero) is 1. The second kappa shape index (κ2) is 7.23. The van der Waals surface area contributed by atoms with E-state index >= 15 is 0 Å². The number of hydrogen-bond donors (Lipinski definition) is 1. The summed E-state index contributed by atoms with van der Waals surface area (Å²) in [5.74, 6) is -0.385. The van der Waals surface area contributed by atoms with Gasteiger partial charge >= 0.3 is 6.18 Å². The maximum atomic E-state index is 12.9. The highest BCUT2D eigenvalue weighted by Gasteiger charge is 2.32. The van der Waals surface area contributed by atoms with Crippen LogP contribution in [-0.2, 0) is 11.0 Å². The Labute approximate surface area is 154 Å². The van der Waals surface area contributed by atoms with E-state index in [1.54, 1.807) is 12.1 Å². The summed E-state index contributed by atoms with van der Waals surface area (Å²) in [6, 6.07) is 10.2. The molecule has 0 saturated heterocycles. The number of benzene rings is 1. The summed E-state index contributed by atoms with van der Waals surface area (Å²) in [5.41, 5.74) is 1.71. The van der Waals surface area contributed by atoms with E-state index in [0.29, 0.717) is 35.4 Å². The van der Waals surface area contributed by atoms with Crippen molar-refractivity contribution in [3.8, 4) is 6.07 Å². The van der Waals surface area contributed by atoms with E-state index in [0.717, 1.165) is 12.1 Å². The second-order valence-corrected chi connectivity index (χ2v) is 6.32. The van der Waals surface area contributed by atoms with E-state index < -0.39 is 11.7 Å². The molecule has 1 heterocycles.